The average molecular weight is 316 g/mol. The highest BCUT2D eigenvalue weighted by Gasteiger charge is 2.04. The van der Waals surface area contributed by atoms with Crippen LogP contribution in [0.5, 0.6) is 11.5 Å². The van der Waals surface area contributed by atoms with E-state index in [0.717, 1.165) is 10.8 Å². The molecule has 0 aliphatic carbocycles. The van der Waals surface area contributed by atoms with Gasteiger partial charge in [0.25, 0.3) is 0 Å². The Morgan fingerprint density at radius 3 is 1.50 bits per heavy atom. The molecule has 0 aliphatic heterocycles. The molecule has 4 rings (SSSR count). The number of hydrogen-bond acceptors (Lipinski definition) is 6. The van der Waals surface area contributed by atoms with E-state index in [1.54, 1.807) is 36.4 Å². The summed E-state index contributed by atoms with van der Waals surface area (Å²) in [5.74, 6) is 0.919. The smallest absolute Gasteiger partial charge is 0.175 e. The first kappa shape index (κ1) is 14.1. The van der Waals surface area contributed by atoms with Crippen molar-refractivity contribution in [3.8, 4) is 11.5 Å². The second-order valence-electron chi connectivity index (χ2n) is 5.24. The Kier molecular flexibility index (Phi) is 3.28. The second-order valence-corrected chi connectivity index (χ2v) is 5.24. The van der Waals surface area contributed by atoms with Crippen molar-refractivity contribution >= 4 is 33.4 Å². The monoisotopic (exact) mass is 316 g/mol. The molecule has 116 valence electrons. The topological polar surface area (TPSA) is 91.0 Å². The van der Waals surface area contributed by atoms with Crippen LogP contribution in [0.2, 0.25) is 0 Å². The second kappa shape index (κ2) is 5.58. The van der Waals surface area contributed by atoms with Crippen LogP contribution in [-0.4, -0.2) is 20.2 Å². The van der Waals surface area contributed by atoms with Crippen LogP contribution in [0.1, 0.15) is 0 Å². The molecule has 4 aromatic rings. The standard InChI is InChI=1S/C18H12N4O2/c23-13-5-1-3-11-7-9-15(19-17(11)13)21-22-16-10-8-12-4-2-6-14(24)18(12)20-16/h1-10,23-24H. The summed E-state index contributed by atoms with van der Waals surface area (Å²) in [6.45, 7) is 0. The zero-order valence-electron chi connectivity index (χ0n) is 12.5. The van der Waals surface area contributed by atoms with Crippen molar-refractivity contribution in [3.05, 3.63) is 60.7 Å². The van der Waals surface area contributed by atoms with Gasteiger partial charge in [0, 0.05) is 10.8 Å². The Bertz CT molecular complexity index is 1010. The van der Waals surface area contributed by atoms with Crippen molar-refractivity contribution in [1.82, 2.24) is 9.97 Å². The van der Waals surface area contributed by atoms with Crippen molar-refractivity contribution in [3.63, 3.8) is 0 Å². The van der Waals surface area contributed by atoms with E-state index in [1.807, 2.05) is 24.3 Å². The summed E-state index contributed by atoms with van der Waals surface area (Å²) in [6.07, 6.45) is 0. The van der Waals surface area contributed by atoms with Crippen LogP contribution in [0.15, 0.2) is 70.9 Å². The molecule has 0 saturated carbocycles. The van der Waals surface area contributed by atoms with E-state index in [2.05, 4.69) is 20.2 Å². The zero-order chi connectivity index (χ0) is 16.5. The third-order valence-corrected chi connectivity index (χ3v) is 3.62. The van der Waals surface area contributed by atoms with Gasteiger partial charge in [-0.05, 0) is 36.4 Å². The van der Waals surface area contributed by atoms with Gasteiger partial charge in [0.1, 0.15) is 22.5 Å². The van der Waals surface area contributed by atoms with E-state index >= 15 is 0 Å². The van der Waals surface area contributed by atoms with Crippen LogP contribution in [0.3, 0.4) is 0 Å². The molecule has 0 fully saturated rings. The van der Waals surface area contributed by atoms with E-state index in [1.165, 1.54) is 0 Å². The molecule has 0 atom stereocenters. The summed E-state index contributed by atoms with van der Waals surface area (Å²) in [4.78, 5) is 8.56. The third kappa shape index (κ3) is 2.50. The number of para-hydroxylation sites is 2. The Balaban J connectivity index is 1.72. The predicted octanol–water partition coefficient (Wildman–Crippen LogP) is 4.61. The Morgan fingerprint density at radius 1 is 0.583 bits per heavy atom. The minimum atomic E-state index is 0.0957. The lowest BCUT2D eigenvalue weighted by Crippen LogP contribution is -1.81. The molecule has 6 heteroatoms. The molecule has 2 N–H and O–H groups in total. The number of phenolic OH excluding ortho intramolecular Hbond substituents is 2. The van der Waals surface area contributed by atoms with Gasteiger partial charge in [0.2, 0.25) is 0 Å². The minimum Gasteiger partial charge on any atom is -0.506 e. The maximum atomic E-state index is 9.85. The number of pyridine rings is 2. The van der Waals surface area contributed by atoms with Crippen LogP contribution in [0.25, 0.3) is 21.8 Å². The summed E-state index contributed by atoms with van der Waals surface area (Å²) in [5, 5.41) is 29.5. The first-order valence-corrected chi connectivity index (χ1v) is 7.30. The number of hydrogen-bond donors (Lipinski definition) is 2. The van der Waals surface area contributed by atoms with Crippen LogP contribution in [0.4, 0.5) is 11.6 Å². The summed E-state index contributed by atoms with van der Waals surface area (Å²) >= 11 is 0. The fourth-order valence-corrected chi connectivity index (χ4v) is 2.46. The summed E-state index contributed by atoms with van der Waals surface area (Å²) in [6, 6.07) is 17.4. The van der Waals surface area contributed by atoms with E-state index in [-0.39, 0.29) is 11.5 Å². The molecule has 6 nitrogen and oxygen atoms in total. The van der Waals surface area contributed by atoms with Gasteiger partial charge < -0.3 is 10.2 Å². The largest absolute Gasteiger partial charge is 0.506 e. The molecular weight excluding hydrogens is 304 g/mol. The number of rotatable bonds is 2. The molecule has 0 bridgehead atoms. The molecule has 2 aromatic carbocycles. The van der Waals surface area contributed by atoms with E-state index in [0.29, 0.717) is 22.7 Å². The summed E-state index contributed by atoms with van der Waals surface area (Å²) in [5.41, 5.74) is 0.941. The van der Waals surface area contributed by atoms with Gasteiger partial charge in [0.05, 0.1) is 0 Å². The normalized spacial score (nSPS) is 11.5. The molecule has 0 radical (unpaired) electrons. The molecule has 24 heavy (non-hydrogen) atoms. The van der Waals surface area contributed by atoms with Gasteiger partial charge in [-0.15, -0.1) is 10.2 Å². The average Bonchev–Trinajstić information content (AvgIpc) is 2.61. The Hall–Kier alpha value is -3.54. The lowest BCUT2D eigenvalue weighted by atomic mass is 10.2. The van der Waals surface area contributed by atoms with E-state index in [4.69, 9.17) is 0 Å². The lowest BCUT2D eigenvalue weighted by Gasteiger charge is -2.01. The molecule has 2 heterocycles. The summed E-state index contributed by atoms with van der Waals surface area (Å²) < 4.78 is 0. The first-order chi connectivity index (χ1) is 11.7. The maximum absolute atomic E-state index is 9.85. The molecule has 0 unspecified atom stereocenters. The summed E-state index contributed by atoms with van der Waals surface area (Å²) in [7, 11) is 0. The first-order valence-electron chi connectivity index (χ1n) is 7.30. The highest BCUT2D eigenvalue weighted by atomic mass is 16.3. The number of aromatic hydroxyl groups is 2. The van der Waals surface area contributed by atoms with Crippen molar-refractivity contribution in [1.29, 1.82) is 0 Å². The van der Waals surface area contributed by atoms with Gasteiger partial charge in [-0.3, -0.25) is 0 Å². The van der Waals surface area contributed by atoms with Gasteiger partial charge in [-0.1, -0.05) is 24.3 Å². The fraction of sp³-hybridized carbons (Fsp3) is 0. The van der Waals surface area contributed by atoms with Crippen molar-refractivity contribution in [2.45, 2.75) is 0 Å². The van der Waals surface area contributed by atoms with Gasteiger partial charge in [0.15, 0.2) is 11.6 Å². The molecular formula is C18H12N4O2. The molecule has 0 saturated heterocycles. The van der Waals surface area contributed by atoms with Crippen molar-refractivity contribution in [2.24, 2.45) is 10.2 Å². The highest BCUT2D eigenvalue weighted by Crippen LogP contribution is 2.27. The zero-order valence-corrected chi connectivity index (χ0v) is 12.5. The van der Waals surface area contributed by atoms with Gasteiger partial charge in [-0.2, -0.15) is 0 Å². The van der Waals surface area contributed by atoms with Gasteiger partial charge >= 0.3 is 0 Å². The van der Waals surface area contributed by atoms with Crippen LogP contribution >= 0.6 is 0 Å². The number of benzene rings is 2. The minimum absolute atomic E-state index is 0.0957. The number of phenols is 2. The number of azo groups is 1. The van der Waals surface area contributed by atoms with Crippen LogP contribution in [0, 0.1) is 0 Å². The molecule has 0 aliphatic rings. The van der Waals surface area contributed by atoms with E-state index < -0.39 is 0 Å². The highest BCUT2D eigenvalue weighted by molar-refractivity contribution is 5.86. The van der Waals surface area contributed by atoms with E-state index in [9.17, 15) is 10.2 Å². The SMILES string of the molecule is Oc1cccc2ccc(N=Nc3ccc4cccc(O)c4n3)nc12. The quantitative estimate of drug-likeness (QED) is 0.528. The number of aromatic nitrogens is 2. The van der Waals surface area contributed by atoms with Gasteiger partial charge in [-0.25, -0.2) is 9.97 Å². The number of nitrogens with zero attached hydrogens (tertiary/aromatic N) is 4. The number of fused-ring (bicyclic) bond motifs is 2. The molecule has 0 spiro atoms. The fourth-order valence-electron chi connectivity index (χ4n) is 2.46. The van der Waals surface area contributed by atoms with Crippen LogP contribution < -0.4 is 0 Å². The maximum Gasteiger partial charge on any atom is 0.175 e. The molecule has 2 aromatic heterocycles. The Labute approximate surface area is 136 Å². The molecule has 0 amide bonds. The van der Waals surface area contributed by atoms with Crippen LogP contribution in [-0.2, 0) is 0 Å². The Morgan fingerprint density at radius 2 is 1.04 bits per heavy atom. The predicted molar refractivity (Wildman–Crippen MR) is 91.0 cm³/mol. The van der Waals surface area contributed by atoms with Crippen molar-refractivity contribution < 1.29 is 10.2 Å². The third-order valence-electron chi connectivity index (χ3n) is 3.62. The lowest BCUT2D eigenvalue weighted by molar-refractivity contribution is 0.480. The van der Waals surface area contributed by atoms with Crippen molar-refractivity contribution in [2.75, 3.05) is 0 Å².